The van der Waals surface area contributed by atoms with Crippen LogP contribution in [-0.2, 0) is 17.9 Å². The Balaban J connectivity index is 1.48. The molecule has 5 nitrogen and oxygen atoms in total. The minimum Gasteiger partial charge on any atom is -0.385 e. The number of nitrogens with zero attached hydrogens (tertiary/aromatic N) is 3. The summed E-state index contributed by atoms with van der Waals surface area (Å²) >= 11 is 3.60. The Kier molecular flexibility index (Phi) is 9.36. The first-order valence-corrected chi connectivity index (χ1v) is 13.3. The van der Waals surface area contributed by atoms with Crippen molar-refractivity contribution in [3.05, 3.63) is 94.2 Å². The second-order valence-electron chi connectivity index (χ2n) is 9.31. The molecule has 0 unspecified atom stereocenters. The Morgan fingerprint density at radius 2 is 1.81 bits per heavy atom. The van der Waals surface area contributed by atoms with Crippen LogP contribution in [0, 0.1) is 5.82 Å². The van der Waals surface area contributed by atoms with E-state index in [0.29, 0.717) is 26.1 Å². The van der Waals surface area contributed by atoms with Crippen LogP contribution in [0.4, 0.5) is 15.8 Å². The number of hydrogen-bond acceptors (Lipinski definition) is 4. The molecule has 0 fully saturated rings. The van der Waals surface area contributed by atoms with Crippen LogP contribution in [-0.4, -0.2) is 55.5 Å². The molecular formula is C29H34BrFN4O. The molecule has 0 aliphatic carbocycles. The van der Waals surface area contributed by atoms with Gasteiger partial charge in [-0.05, 0) is 60.0 Å². The Morgan fingerprint density at radius 3 is 2.58 bits per heavy atom. The highest BCUT2D eigenvalue weighted by molar-refractivity contribution is 9.10. The molecule has 3 aromatic carbocycles. The number of fused-ring (bicyclic) bond motifs is 1. The molecule has 0 saturated carbocycles. The molecule has 0 saturated heterocycles. The highest BCUT2D eigenvalue weighted by atomic mass is 79.9. The van der Waals surface area contributed by atoms with E-state index < -0.39 is 0 Å². The highest BCUT2D eigenvalue weighted by Crippen LogP contribution is 2.24. The van der Waals surface area contributed by atoms with Crippen LogP contribution in [0.25, 0.3) is 0 Å². The standard InChI is InChI=1S/C29H34BrFN4O/c1-33(27-11-9-26(31)10-12-27)17-14-29(36)35-19-18-34(21-23-6-3-2-4-7-23)16-5-15-32-28-13-8-25(30)20-24(28)22-35/h2-4,6-13,20,32H,5,14-19,21-22H2,1H3. The Bertz CT molecular complexity index is 1130. The molecule has 190 valence electrons. The molecule has 0 atom stereocenters. The van der Waals surface area contributed by atoms with E-state index in [-0.39, 0.29) is 11.7 Å². The lowest BCUT2D eigenvalue weighted by molar-refractivity contribution is -0.131. The van der Waals surface area contributed by atoms with Crippen molar-refractivity contribution < 1.29 is 9.18 Å². The molecule has 1 N–H and O–H groups in total. The Labute approximate surface area is 222 Å². The van der Waals surface area contributed by atoms with Gasteiger partial charge in [0.05, 0.1) is 0 Å². The number of benzene rings is 3. The zero-order chi connectivity index (χ0) is 25.3. The van der Waals surface area contributed by atoms with Crippen LogP contribution in [0.2, 0.25) is 0 Å². The van der Waals surface area contributed by atoms with Crippen LogP contribution in [0.3, 0.4) is 0 Å². The molecule has 1 aliphatic rings. The van der Waals surface area contributed by atoms with Crippen LogP contribution in [0.1, 0.15) is 24.0 Å². The van der Waals surface area contributed by atoms with Crippen LogP contribution in [0.5, 0.6) is 0 Å². The van der Waals surface area contributed by atoms with Gasteiger partial charge < -0.3 is 15.1 Å². The first-order valence-electron chi connectivity index (χ1n) is 12.5. The summed E-state index contributed by atoms with van der Waals surface area (Å²) in [5.41, 5.74) is 4.37. The molecule has 0 bridgehead atoms. The number of carbonyl (C=O) groups excluding carboxylic acids is 1. The van der Waals surface area contributed by atoms with Gasteiger partial charge >= 0.3 is 0 Å². The fourth-order valence-electron chi connectivity index (χ4n) is 4.51. The number of anilines is 2. The third-order valence-electron chi connectivity index (χ3n) is 6.61. The lowest BCUT2D eigenvalue weighted by Gasteiger charge is -2.29. The van der Waals surface area contributed by atoms with Crippen molar-refractivity contribution in [2.24, 2.45) is 0 Å². The van der Waals surface area contributed by atoms with Gasteiger partial charge in [-0.1, -0.05) is 46.3 Å². The van der Waals surface area contributed by atoms with E-state index in [1.807, 2.05) is 29.0 Å². The number of carbonyl (C=O) groups is 1. The minimum atomic E-state index is -0.259. The molecule has 1 amide bonds. The Hall–Kier alpha value is -2.90. The molecule has 0 radical (unpaired) electrons. The van der Waals surface area contributed by atoms with E-state index in [4.69, 9.17) is 0 Å². The van der Waals surface area contributed by atoms with Crippen molar-refractivity contribution in [2.45, 2.75) is 25.9 Å². The summed E-state index contributed by atoms with van der Waals surface area (Å²) in [6.45, 7) is 5.32. The normalized spacial score (nSPS) is 14.9. The zero-order valence-corrected chi connectivity index (χ0v) is 22.4. The molecule has 7 heteroatoms. The van der Waals surface area contributed by atoms with Crippen molar-refractivity contribution in [3.63, 3.8) is 0 Å². The third-order valence-corrected chi connectivity index (χ3v) is 7.10. The number of amides is 1. The molecular weight excluding hydrogens is 519 g/mol. The molecule has 0 aromatic heterocycles. The largest absolute Gasteiger partial charge is 0.385 e. The summed E-state index contributed by atoms with van der Waals surface area (Å²) in [5, 5.41) is 3.58. The van der Waals surface area contributed by atoms with Gasteiger partial charge in [-0.2, -0.15) is 0 Å². The smallest absolute Gasteiger partial charge is 0.224 e. The Morgan fingerprint density at radius 1 is 1.03 bits per heavy atom. The second kappa shape index (κ2) is 12.9. The quantitative estimate of drug-likeness (QED) is 0.422. The van der Waals surface area contributed by atoms with E-state index in [2.05, 4.69) is 62.5 Å². The molecule has 3 aromatic rings. The summed E-state index contributed by atoms with van der Waals surface area (Å²) in [5.74, 6) is -0.140. The van der Waals surface area contributed by atoms with Crippen molar-refractivity contribution in [3.8, 4) is 0 Å². The first-order chi connectivity index (χ1) is 17.5. The van der Waals surface area contributed by atoms with Crippen molar-refractivity contribution >= 4 is 33.2 Å². The fourth-order valence-corrected chi connectivity index (χ4v) is 4.92. The monoisotopic (exact) mass is 552 g/mol. The van der Waals surface area contributed by atoms with Crippen molar-refractivity contribution in [1.29, 1.82) is 0 Å². The van der Waals surface area contributed by atoms with E-state index in [1.54, 1.807) is 12.1 Å². The van der Waals surface area contributed by atoms with Crippen LogP contribution < -0.4 is 10.2 Å². The second-order valence-corrected chi connectivity index (χ2v) is 10.2. The summed E-state index contributed by atoms with van der Waals surface area (Å²) in [7, 11) is 1.94. The predicted octanol–water partition coefficient (Wildman–Crippen LogP) is 5.76. The SMILES string of the molecule is CN(CCC(=O)N1CCN(Cc2ccccc2)CCCNc2ccc(Br)cc2C1)c1ccc(F)cc1. The van der Waals surface area contributed by atoms with Crippen molar-refractivity contribution in [1.82, 2.24) is 9.80 Å². The average molecular weight is 554 g/mol. The summed E-state index contributed by atoms with van der Waals surface area (Å²) in [4.78, 5) is 19.9. The number of halogens is 2. The van der Waals surface area contributed by atoms with E-state index in [9.17, 15) is 9.18 Å². The lowest BCUT2D eigenvalue weighted by atomic mass is 10.1. The first kappa shape index (κ1) is 26.2. The maximum atomic E-state index is 13.5. The summed E-state index contributed by atoms with van der Waals surface area (Å²) in [6, 6.07) is 23.1. The summed E-state index contributed by atoms with van der Waals surface area (Å²) in [6.07, 6.45) is 1.42. The molecule has 36 heavy (non-hydrogen) atoms. The predicted molar refractivity (Wildman–Crippen MR) is 149 cm³/mol. The maximum absolute atomic E-state index is 13.5. The number of rotatable bonds is 6. The summed E-state index contributed by atoms with van der Waals surface area (Å²) < 4.78 is 14.3. The van der Waals surface area contributed by atoms with E-state index >= 15 is 0 Å². The van der Waals surface area contributed by atoms with E-state index in [0.717, 1.165) is 54.0 Å². The van der Waals surface area contributed by atoms with Gasteiger partial charge in [0.25, 0.3) is 0 Å². The van der Waals surface area contributed by atoms with Gasteiger partial charge in [0.2, 0.25) is 5.91 Å². The van der Waals surface area contributed by atoms with Gasteiger partial charge in [-0.25, -0.2) is 4.39 Å². The van der Waals surface area contributed by atoms with Gasteiger partial charge in [-0.3, -0.25) is 9.69 Å². The zero-order valence-electron chi connectivity index (χ0n) is 20.8. The minimum absolute atomic E-state index is 0.119. The maximum Gasteiger partial charge on any atom is 0.224 e. The number of hydrogen-bond donors (Lipinski definition) is 1. The fraction of sp³-hybridized carbons (Fsp3) is 0.345. The van der Waals surface area contributed by atoms with Gasteiger partial charge in [0, 0.05) is 75.1 Å². The van der Waals surface area contributed by atoms with Gasteiger partial charge in [0.15, 0.2) is 0 Å². The van der Waals surface area contributed by atoms with Crippen LogP contribution >= 0.6 is 15.9 Å². The number of nitrogens with one attached hydrogen (secondary N) is 1. The third kappa shape index (κ3) is 7.55. The topological polar surface area (TPSA) is 38.8 Å². The van der Waals surface area contributed by atoms with Gasteiger partial charge in [0.1, 0.15) is 5.82 Å². The van der Waals surface area contributed by atoms with Crippen LogP contribution in [0.15, 0.2) is 77.3 Å². The molecule has 0 spiro atoms. The molecule has 1 aliphatic heterocycles. The average Bonchev–Trinajstić information content (AvgIpc) is 2.92. The highest BCUT2D eigenvalue weighted by Gasteiger charge is 2.19. The van der Waals surface area contributed by atoms with Crippen molar-refractivity contribution in [2.75, 3.05) is 50.0 Å². The molecule has 1 heterocycles. The van der Waals surface area contributed by atoms with E-state index in [1.165, 1.54) is 17.7 Å². The lowest BCUT2D eigenvalue weighted by Crippen LogP contribution is -2.39. The molecule has 4 rings (SSSR count). The van der Waals surface area contributed by atoms with Gasteiger partial charge in [-0.15, -0.1) is 0 Å².